The van der Waals surface area contributed by atoms with Gasteiger partial charge in [0, 0.05) is 10.6 Å². The Morgan fingerprint density at radius 1 is 1.26 bits per heavy atom. The van der Waals surface area contributed by atoms with Crippen LogP contribution in [0.25, 0.3) is 6.08 Å². The molecule has 162 valence electrons. The van der Waals surface area contributed by atoms with E-state index in [0.717, 1.165) is 9.13 Å². The molecule has 0 aromatic heterocycles. The number of urea groups is 1. The van der Waals surface area contributed by atoms with E-state index in [1.54, 1.807) is 18.2 Å². The van der Waals surface area contributed by atoms with E-state index in [9.17, 15) is 14.4 Å². The average molecular weight is 557 g/mol. The molecule has 0 saturated carbocycles. The lowest BCUT2D eigenvalue weighted by molar-refractivity contribution is -0.140. The summed E-state index contributed by atoms with van der Waals surface area (Å²) in [7, 11) is 0. The molecule has 1 fully saturated rings. The monoisotopic (exact) mass is 556 g/mol. The van der Waals surface area contributed by atoms with E-state index < -0.39 is 24.5 Å². The van der Waals surface area contributed by atoms with Crippen LogP contribution >= 0.6 is 34.2 Å². The number of carbonyl (C=O) groups is 3. The fraction of sp³-hybridized carbons (Fsp3) is 0.190. The summed E-state index contributed by atoms with van der Waals surface area (Å²) in [6.07, 6.45) is 1.46. The van der Waals surface area contributed by atoms with Crippen LogP contribution in [0.1, 0.15) is 18.1 Å². The van der Waals surface area contributed by atoms with Gasteiger partial charge in [-0.15, -0.1) is 0 Å². The first-order valence-corrected chi connectivity index (χ1v) is 10.6. The zero-order chi connectivity index (χ0) is 22.5. The van der Waals surface area contributed by atoms with E-state index >= 15 is 0 Å². The third kappa shape index (κ3) is 5.47. The maximum Gasteiger partial charge on any atom is 0.329 e. The van der Waals surface area contributed by atoms with Crippen molar-refractivity contribution < 1.29 is 29.0 Å². The minimum absolute atomic E-state index is 0.0192. The first-order valence-electron chi connectivity index (χ1n) is 9.19. The molecule has 0 radical (unpaired) electrons. The summed E-state index contributed by atoms with van der Waals surface area (Å²) in [6, 6.07) is 10.0. The zero-order valence-electron chi connectivity index (χ0n) is 16.4. The lowest BCUT2D eigenvalue weighted by Gasteiger charge is -2.15. The van der Waals surface area contributed by atoms with Crippen LogP contribution in [-0.4, -0.2) is 41.1 Å². The zero-order valence-corrected chi connectivity index (χ0v) is 19.3. The molecule has 1 aliphatic heterocycles. The number of imide groups is 1. The first-order chi connectivity index (χ1) is 14.8. The first kappa shape index (κ1) is 22.9. The summed E-state index contributed by atoms with van der Waals surface area (Å²) < 4.78 is 12.4. The van der Waals surface area contributed by atoms with Crippen LogP contribution in [0.2, 0.25) is 5.02 Å². The molecule has 0 unspecified atom stereocenters. The molecule has 3 rings (SSSR count). The van der Waals surface area contributed by atoms with Crippen molar-refractivity contribution in [2.24, 2.45) is 0 Å². The van der Waals surface area contributed by atoms with Crippen LogP contribution in [0.3, 0.4) is 0 Å². The molecule has 2 N–H and O–H groups in total. The van der Waals surface area contributed by atoms with Gasteiger partial charge in [0.2, 0.25) is 0 Å². The van der Waals surface area contributed by atoms with E-state index in [1.165, 1.54) is 6.08 Å². The van der Waals surface area contributed by atoms with Gasteiger partial charge in [0.1, 0.15) is 18.8 Å². The Labute approximate surface area is 196 Å². The summed E-state index contributed by atoms with van der Waals surface area (Å²) in [6.45, 7) is 1.76. The van der Waals surface area contributed by atoms with Gasteiger partial charge in [-0.25, -0.2) is 9.69 Å². The Kier molecular flexibility index (Phi) is 7.39. The fourth-order valence-electron chi connectivity index (χ4n) is 2.86. The number of halogens is 2. The van der Waals surface area contributed by atoms with Crippen molar-refractivity contribution in [3.05, 3.63) is 61.8 Å². The van der Waals surface area contributed by atoms with E-state index in [4.69, 9.17) is 26.2 Å². The van der Waals surface area contributed by atoms with Crippen molar-refractivity contribution in [3.63, 3.8) is 0 Å². The largest absolute Gasteiger partial charge is 0.490 e. The normalized spacial score (nSPS) is 14.7. The summed E-state index contributed by atoms with van der Waals surface area (Å²) in [5.41, 5.74) is 1.39. The smallest absolute Gasteiger partial charge is 0.329 e. The van der Waals surface area contributed by atoms with Crippen LogP contribution in [0.5, 0.6) is 11.5 Å². The molecule has 10 heteroatoms. The number of amides is 3. The fourth-order valence-corrected chi connectivity index (χ4v) is 3.83. The van der Waals surface area contributed by atoms with Crippen LogP contribution in [-0.2, 0) is 16.2 Å². The standard InChI is InChI=1S/C21H18ClIN2O6/c1-2-30-17-9-12(8-16-20(28)25(10-18(26)27)21(29)24-16)7-15(23)19(17)31-11-13-5-3-4-6-14(13)22/h3-9H,2,10-11H2,1H3,(H,24,29)(H,26,27)/b16-8+. The van der Waals surface area contributed by atoms with Crippen molar-refractivity contribution in [1.29, 1.82) is 0 Å². The third-order valence-corrected chi connectivity index (χ3v) is 5.40. The Bertz CT molecular complexity index is 1070. The van der Waals surface area contributed by atoms with Gasteiger partial charge in [0.05, 0.1) is 10.2 Å². The van der Waals surface area contributed by atoms with Crippen molar-refractivity contribution >= 4 is 58.2 Å². The molecule has 2 aromatic carbocycles. The van der Waals surface area contributed by atoms with Gasteiger partial charge in [0.25, 0.3) is 5.91 Å². The molecule has 3 amide bonds. The molecule has 0 atom stereocenters. The molecule has 0 aliphatic carbocycles. The van der Waals surface area contributed by atoms with Crippen LogP contribution in [0, 0.1) is 3.57 Å². The van der Waals surface area contributed by atoms with Crippen LogP contribution in [0.4, 0.5) is 4.79 Å². The van der Waals surface area contributed by atoms with E-state index in [1.807, 2.05) is 25.1 Å². The Morgan fingerprint density at radius 3 is 2.68 bits per heavy atom. The number of benzene rings is 2. The van der Waals surface area contributed by atoms with Gasteiger partial charge in [-0.05, 0) is 59.4 Å². The van der Waals surface area contributed by atoms with Crippen LogP contribution < -0.4 is 14.8 Å². The third-order valence-electron chi connectivity index (χ3n) is 4.23. The molecule has 8 nitrogen and oxygen atoms in total. The maximum absolute atomic E-state index is 12.4. The van der Waals surface area contributed by atoms with Crippen molar-refractivity contribution in [1.82, 2.24) is 10.2 Å². The van der Waals surface area contributed by atoms with E-state index in [2.05, 4.69) is 27.9 Å². The number of carboxylic acid groups (broad SMARTS) is 1. The molecule has 0 spiro atoms. The number of hydrogen-bond donors (Lipinski definition) is 2. The van der Waals surface area contributed by atoms with Crippen molar-refractivity contribution in [2.75, 3.05) is 13.2 Å². The van der Waals surface area contributed by atoms with Gasteiger partial charge in [-0.2, -0.15) is 0 Å². The molecule has 2 aromatic rings. The highest BCUT2D eigenvalue weighted by atomic mass is 127. The number of nitrogens with zero attached hydrogens (tertiary/aromatic N) is 1. The number of carboxylic acids is 1. The Morgan fingerprint density at radius 2 is 2.00 bits per heavy atom. The summed E-state index contributed by atoms with van der Waals surface area (Å²) in [4.78, 5) is 35.7. The highest BCUT2D eigenvalue weighted by molar-refractivity contribution is 14.1. The topological polar surface area (TPSA) is 105 Å². The van der Waals surface area contributed by atoms with Gasteiger partial charge < -0.3 is 19.9 Å². The second-order valence-electron chi connectivity index (χ2n) is 6.42. The quantitative estimate of drug-likeness (QED) is 0.290. The lowest BCUT2D eigenvalue weighted by atomic mass is 10.1. The molecule has 1 heterocycles. The summed E-state index contributed by atoms with van der Waals surface area (Å²) in [5.74, 6) is -0.997. The minimum Gasteiger partial charge on any atom is -0.490 e. The van der Waals surface area contributed by atoms with E-state index in [0.29, 0.717) is 33.6 Å². The molecule has 0 bridgehead atoms. The summed E-state index contributed by atoms with van der Waals surface area (Å²) in [5, 5.41) is 11.9. The molecule has 1 aliphatic rings. The molecule has 31 heavy (non-hydrogen) atoms. The van der Waals surface area contributed by atoms with Crippen LogP contribution in [0.15, 0.2) is 42.1 Å². The molecule has 1 saturated heterocycles. The van der Waals surface area contributed by atoms with E-state index in [-0.39, 0.29) is 12.3 Å². The Hall–Kier alpha value is -2.79. The number of hydrogen-bond acceptors (Lipinski definition) is 5. The predicted octanol–water partition coefficient (Wildman–Crippen LogP) is 3.90. The van der Waals surface area contributed by atoms with Gasteiger partial charge in [-0.1, -0.05) is 29.8 Å². The Balaban J connectivity index is 1.87. The van der Waals surface area contributed by atoms with Crippen molar-refractivity contribution in [3.8, 4) is 11.5 Å². The van der Waals surface area contributed by atoms with Gasteiger partial charge in [0.15, 0.2) is 11.5 Å². The lowest BCUT2D eigenvalue weighted by Crippen LogP contribution is -2.35. The second kappa shape index (κ2) is 10.0. The molecular formula is C21H18ClIN2O6. The average Bonchev–Trinajstić information content (AvgIpc) is 2.96. The van der Waals surface area contributed by atoms with Gasteiger partial charge >= 0.3 is 12.0 Å². The van der Waals surface area contributed by atoms with Crippen molar-refractivity contribution in [2.45, 2.75) is 13.5 Å². The second-order valence-corrected chi connectivity index (χ2v) is 7.99. The SMILES string of the molecule is CCOc1cc(/C=C2/NC(=O)N(CC(=O)O)C2=O)cc(I)c1OCc1ccccc1Cl. The van der Waals surface area contributed by atoms with Gasteiger partial charge in [-0.3, -0.25) is 9.59 Å². The number of ether oxygens (including phenoxy) is 2. The number of nitrogens with one attached hydrogen (secondary N) is 1. The number of aliphatic carboxylic acids is 1. The number of carbonyl (C=O) groups excluding carboxylic acids is 2. The number of rotatable bonds is 8. The highest BCUT2D eigenvalue weighted by Gasteiger charge is 2.34. The highest BCUT2D eigenvalue weighted by Crippen LogP contribution is 2.36. The predicted molar refractivity (Wildman–Crippen MR) is 122 cm³/mol. The minimum atomic E-state index is -1.28. The molecular weight excluding hydrogens is 539 g/mol. The maximum atomic E-state index is 12.4. The summed E-state index contributed by atoms with van der Waals surface area (Å²) >= 11 is 8.28.